The molecule has 0 saturated carbocycles. The first-order valence-corrected chi connectivity index (χ1v) is 3.39. The Hall–Kier alpha value is -1.42. The fourth-order valence-corrected chi connectivity index (χ4v) is 0.980. The molecule has 4 nitrogen and oxygen atoms in total. The molecule has 2 aromatic rings. The third-order valence-corrected chi connectivity index (χ3v) is 1.53. The monoisotopic (exact) mass is 148 g/mol. The van der Waals surface area contributed by atoms with Crippen LogP contribution in [0.4, 0.5) is 0 Å². The zero-order chi connectivity index (χ0) is 7.68. The number of H-pyrrole nitrogens is 1. The summed E-state index contributed by atoms with van der Waals surface area (Å²) in [7, 11) is 0. The van der Waals surface area contributed by atoms with Crippen molar-refractivity contribution in [1.82, 2.24) is 15.0 Å². The molecule has 0 aliphatic heterocycles. The van der Waals surface area contributed by atoms with Gasteiger partial charge in [-0.3, -0.25) is 0 Å². The standard InChI is InChI=1S/C7H8N4/c8-3-7-10-4-6-5(11-7)1-2-9-6/h1-2,4,9H,3,8H2. The number of rotatable bonds is 1. The first-order chi connectivity index (χ1) is 5.40. The van der Waals surface area contributed by atoms with Gasteiger partial charge in [0.15, 0.2) is 0 Å². The quantitative estimate of drug-likeness (QED) is 0.615. The Morgan fingerprint density at radius 3 is 3.27 bits per heavy atom. The number of hydrogen-bond donors (Lipinski definition) is 2. The molecule has 0 aliphatic rings. The van der Waals surface area contributed by atoms with Crippen LogP contribution in [0.3, 0.4) is 0 Å². The van der Waals surface area contributed by atoms with Gasteiger partial charge in [-0.15, -0.1) is 0 Å². The Morgan fingerprint density at radius 1 is 1.55 bits per heavy atom. The first-order valence-electron chi connectivity index (χ1n) is 3.39. The Balaban J connectivity index is 2.67. The van der Waals surface area contributed by atoms with Gasteiger partial charge in [-0.05, 0) is 6.07 Å². The van der Waals surface area contributed by atoms with Gasteiger partial charge < -0.3 is 10.7 Å². The van der Waals surface area contributed by atoms with Crippen molar-refractivity contribution < 1.29 is 0 Å². The molecule has 0 aromatic carbocycles. The van der Waals surface area contributed by atoms with Crippen LogP contribution in [0.1, 0.15) is 5.82 Å². The summed E-state index contributed by atoms with van der Waals surface area (Å²) in [6.07, 6.45) is 3.57. The third kappa shape index (κ3) is 0.969. The summed E-state index contributed by atoms with van der Waals surface area (Å²) in [5.41, 5.74) is 7.24. The molecule has 0 aliphatic carbocycles. The zero-order valence-electron chi connectivity index (χ0n) is 5.91. The van der Waals surface area contributed by atoms with Gasteiger partial charge in [0.25, 0.3) is 0 Å². The maximum atomic E-state index is 5.37. The summed E-state index contributed by atoms with van der Waals surface area (Å²) >= 11 is 0. The van der Waals surface area contributed by atoms with Crippen LogP contribution in [0.2, 0.25) is 0 Å². The van der Waals surface area contributed by atoms with Crippen LogP contribution in [-0.2, 0) is 6.54 Å². The van der Waals surface area contributed by atoms with Crippen LogP contribution in [0, 0.1) is 0 Å². The molecule has 11 heavy (non-hydrogen) atoms. The molecule has 3 N–H and O–H groups in total. The minimum Gasteiger partial charge on any atom is -0.359 e. The van der Waals surface area contributed by atoms with Crippen molar-refractivity contribution in [1.29, 1.82) is 0 Å². The highest BCUT2D eigenvalue weighted by molar-refractivity contribution is 5.73. The minimum atomic E-state index is 0.390. The lowest BCUT2D eigenvalue weighted by Crippen LogP contribution is -2.01. The average Bonchev–Trinajstić information content (AvgIpc) is 2.50. The molecule has 0 unspecified atom stereocenters. The van der Waals surface area contributed by atoms with E-state index in [1.165, 1.54) is 0 Å². The summed E-state index contributed by atoms with van der Waals surface area (Å²) in [4.78, 5) is 11.2. The SMILES string of the molecule is NCc1ncc2[nH]ccc2n1. The number of hydrogen-bond acceptors (Lipinski definition) is 3. The van der Waals surface area contributed by atoms with E-state index in [1.807, 2.05) is 12.3 Å². The predicted molar refractivity (Wildman–Crippen MR) is 41.8 cm³/mol. The highest BCUT2D eigenvalue weighted by Gasteiger charge is 1.96. The highest BCUT2D eigenvalue weighted by Crippen LogP contribution is 2.06. The van der Waals surface area contributed by atoms with E-state index in [2.05, 4.69) is 15.0 Å². The molecule has 0 saturated heterocycles. The van der Waals surface area contributed by atoms with Gasteiger partial charge in [0.1, 0.15) is 5.82 Å². The third-order valence-electron chi connectivity index (χ3n) is 1.53. The van der Waals surface area contributed by atoms with E-state index in [9.17, 15) is 0 Å². The molecular weight excluding hydrogens is 140 g/mol. The lowest BCUT2D eigenvalue weighted by molar-refractivity contribution is 0.926. The Kier molecular flexibility index (Phi) is 1.33. The maximum absolute atomic E-state index is 5.37. The molecule has 2 rings (SSSR count). The summed E-state index contributed by atoms with van der Waals surface area (Å²) in [6.45, 7) is 0.390. The van der Waals surface area contributed by atoms with Gasteiger partial charge in [0.05, 0.1) is 23.8 Å². The van der Waals surface area contributed by atoms with E-state index >= 15 is 0 Å². The Labute approximate surface area is 63.5 Å². The van der Waals surface area contributed by atoms with Gasteiger partial charge in [-0.25, -0.2) is 9.97 Å². The van der Waals surface area contributed by atoms with Crippen LogP contribution in [0.15, 0.2) is 18.5 Å². The van der Waals surface area contributed by atoms with Crippen molar-refractivity contribution in [2.75, 3.05) is 0 Å². The lowest BCUT2D eigenvalue weighted by Gasteiger charge is -1.93. The second kappa shape index (κ2) is 2.32. The summed E-state index contributed by atoms with van der Waals surface area (Å²) < 4.78 is 0. The lowest BCUT2D eigenvalue weighted by atomic mass is 10.4. The van der Waals surface area contributed by atoms with Gasteiger partial charge >= 0.3 is 0 Å². The second-order valence-electron chi connectivity index (χ2n) is 2.27. The van der Waals surface area contributed by atoms with Crippen LogP contribution in [0.25, 0.3) is 11.0 Å². The number of nitrogens with two attached hydrogens (primary N) is 1. The van der Waals surface area contributed by atoms with Crippen molar-refractivity contribution in [2.45, 2.75) is 6.54 Å². The van der Waals surface area contributed by atoms with Crippen molar-refractivity contribution in [3.63, 3.8) is 0 Å². The molecule has 4 heteroatoms. The first kappa shape index (κ1) is 6.30. The molecular formula is C7H8N4. The van der Waals surface area contributed by atoms with Gasteiger partial charge in [-0.1, -0.05) is 0 Å². The van der Waals surface area contributed by atoms with Gasteiger partial charge in [-0.2, -0.15) is 0 Å². The van der Waals surface area contributed by atoms with E-state index in [4.69, 9.17) is 5.73 Å². The number of fused-ring (bicyclic) bond motifs is 1. The topological polar surface area (TPSA) is 67.6 Å². The summed E-state index contributed by atoms with van der Waals surface area (Å²) in [6, 6.07) is 1.90. The fraction of sp³-hybridized carbons (Fsp3) is 0.143. The average molecular weight is 148 g/mol. The number of nitrogens with one attached hydrogen (secondary N) is 1. The van der Waals surface area contributed by atoms with Crippen molar-refractivity contribution in [3.8, 4) is 0 Å². The molecule has 0 bridgehead atoms. The van der Waals surface area contributed by atoms with Crippen molar-refractivity contribution in [3.05, 3.63) is 24.3 Å². The molecule has 0 fully saturated rings. The number of aromatic amines is 1. The molecule has 2 aromatic heterocycles. The minimum absolute atomic E-state index is 0.390. The van der Waals surface area contributed by atoms with Crippen molar-refractivity contribution in [2.24, 2.45) is 5.73 Å². The number of aromatic nitrogens is 3. The van der Waals surface area contributed by atoms with Crippen molar-refractivity contribution >= 4 is 11.0 Å². The molecule has 0 spiro atoms. The maximum Gasteiger partial charge on any atom is 0.142 e. The highest BCUT2D eigenvalue weighted by atomic mass is 14.9. The van der Waals surface area contributed by atoms with E-state index in [1.54, 1.807) is 6.20 Å². The Morgan fingerprint density at radius 2 is 2.45 bits per heavy atom. The van der Waals surface area contributed by atoms with Crippen LogP contribution < -0.4 is 5.73 Å². The van der Waals surface area contributed by atoms with Crippen LogP contribution >= 0.6 is 0 Å². The van der Waals surface area contributed by atoms with Gasteiger partial charge in [0.2, 0.25) is 0 Å². The second-order valence-corrected chi connectivity index (χ2v) is 2.27. The van der Waals surface area contributed by atoms with Gasteiger partial charge in [0, 0.05) is 6.20 Å². The molecule has 56 valence electrons. The predicted octanol–water partition coefficient (Wildman–Crippen LogP) is 0.417. The van der Waals surface area contributed by atoms with Crippen LogP contribution in [0.5, 0.6) is 0 Å². The molecule has 0 atom stereocenters. The fourth-order valence-electron chi connectivity index (χ4n) is 0.980. The van der Waals surface area contributed by atoms with E-state index < -0.39 is 0 Å². The zero-order valence-corrected chi connectivity index (χ0v) is 5.91. The molecule has 2 heterocycles. The van der Waals surface area contributed by atoms with E-state index in [-0.39, 0.29) is 0 Å². The number of nitrogens with zero attached hydrogens (tertiary/aromatic N) is 2. The molecule has 0 amide bonds. The summed E-state index contributed by atoms with van der Waals surface area (Å²) in [5.74, 6) is 0.678. The normalized spacial score (nSPS) is 10.6. The smallest absolute Gasteiger partial charge is 0.142 e. The van der Waals surface area contributed by atoms with E-state index in [0.717, 1.165) is 11.0 Å². The Bertz CT molecular complexity index is 365. The largest absolute Gasteiger partial charge is 0.359 e. The molecule has 0 radical (unpaired) electrons. The van der Waals surface area contributed by atoms with E-state index in [0.29, 0.717) is 12.4 Å². The summed E-state index contributed by atoms with van der Waals surface area (Å²) in [5, 5.41) is 0. The van der Waals surface area contributed by atoms with Crippen LogP contribution in [-0.4, -0.2) is 15.0 Å².